The van der Waals surface area contributed by atoms with Crippen LogP contribution in [-0.2, 0) is 9.47 Å². The lowest BCUT2D eigenvalue weighted by atomic mass is 9.99. The van der Waals surface area contributed by atoms with Gasteiger partial charge in [-0.1, -0.05) is 20.8 Å². The highest BCUT2D eigenvalue weighted by molar-refractivity contribution is 5.59. The van der Waals surface area contributed by atoms with Crippen LogP contribution in [0.15, 0.2) is 0 Å². The fraction of sp³-hybridized carbons (Fsp3) is 0.857. The molecule has 0 fully saturated rings. The van der Waals surface area contributed by atoms with Gasteiger partial charge in [-0.3, -0.25) is 0 Å². The van der Waals surface area contributed by atoms with E-state index in [4.69, 9.17) is 5.73 Å². The highest BCUT2D eigenvalue weighted by atomic mass is 16.7. The Hall–Kier alpha value is -0.770. The average Bonchev–Trinajstić information content (AvgIpc) is 1.83. The Morgan fingerprint density at radius 2 is 1.91 bits per heavy atom. The van der Waals surface area contributed by atoms with Crippen LogP contribution in [0.1, 0.15) is 20.8 Å². The molecule has 0 unspecified atom stereocenters. The minimum Gasteiger partial charge on any atom is -0.434 e. The average molecular weight is 160 g/mol. The maximum atomic E-state index is 10.5. The maximum absolute atomic E-state index is 10.5. The van der Waals surface area contributed by atoms with Gasteiger partial charge in [0.15, 0.2) is 6.73 Å². The van der Waals surface area contributed by atoms with Gasteiger partial charge in [0.1, 0.15) is 0 Å². The van der Waals surface area contributed by atoms with Crippen molar-refractivity contribution in [2.75, 3.05) is 13.3 Å². The van der Waals surface area contributed by atoms with Crippen molar-refractivity contribution in [3.8, 4) is 0 Å². The third-order valence-corrected chi connectivity index (χ3v) is 0.813. The summed E-state index contributed by atoms with van der Waals surface area (Å²) in [5, 5.41) is 0. The third kappa shape index (κ3) is 7.12. The predicted octanol–water partition coefficient (Wildman–Crippen LogP) is 1.43. The van der Waals surface area contributed by atoms with Crippen LogP contribution in [0.5, 0.6) is 0 Å². The molecule has 0 heterocycles. The lowest BCUT2D eigenvalue weighted by molar-refractivity contribution is 0.0337. The number of carbonyl (C=O) groups excluding carboxylic acids is 1. The molecular formula is C7H14NO3. The van der Waals surface area contributed by atoms with Crippen LogP contribution in [0, 0.1) is 5.41 Å². The normalized spacial score (nSPS) is 10.9. The van der Waals surface area contributed by atoms with E-state index < -0.39 is 6.16 Å². The Labute approximate surface area is 66.7 Å². The molecule has 0 rings (SSSR count). The molecule has 4 nitrogen and oxygen atoms in total. The molecule has 4 heteroatoms. The summed E-state index contributed by atoms with van der Waals surface area (Å²) in [6.45, 7) is 5.76. The molecule has 0 aliphatic carbocycles. The monoisotopic (exact) mass is 160 g/mol. The van der Waals surface area contributed by atoms with Crippen molar-refractivity contribution in [1.29, 1.82) is 0 Å². The fourth-order valence-electron chi connectivity index (χ4n) is 0.376. The van der Waals surface area contributed by atoms with Crippen molar-refractivity contribution in [3.63, 3.8) is 0 Å². The molecule has 0 spiro atoms. The first-order valence-corrected chi connectivity index (χ1v) is 3.40. The second-order valence-electron chi connectivity index (χ2n) is 3.39. The summed E-state index contributed by atoms with van der Waals surface area (Å²) in [5.41, 5.74) is 6.49. The summed E-state index contributed by atoms with van der Waals surface area (Å²) in [6.07, 6.45) is -0.769. The van der Waals surface area contributed by atoms with Gasteiger partial charge in [-0.05, 0) is 5.41 Å². The number of carbonyl (C=O) groups is 1. The zero-order chi connectivity index (χ0) is 8.91. The van der Waals surface area contributed by atoms with Gasteiger partial charge >= 0.3 is 6.16 Å². The van der Waals surface area contributed by atoms with Crippen molar-refractivity contribution in [2.24, 2.45) is 5.41 Å². The first-order chi connectivity index (χ1) is 4.95. The Balaban J connectivity index is 3.46. The van der Waals surface area contributed by atoms with Crippen LogP contribution < -0.4 is 5.73 Å². The quantitative estimate of drug-likeness (QED) is 0.574. The molecule has 0 aromatic heterocycles. The largest absolute Gasteiger partial charge is 0.509 e. The van der Waals surface area contributed by atoms with E-state index in [-0.39, 0.29) is 12.1 Å². The van der Waals surface area contributed by atoms with Gasteiger partial charge in [-0.25, -0.2) is 10.5 Å². The van der Waals surface area contributed by atoms with E-state index in [1.807, 2.05) is 20.8 Å². The van der Waals surface area contributed by atoms with E-state index in [0.29, 0.717) is 6.61 Å². The molecule has 65 valence electrons. The van der Waals surface area contributed by atoms with Crippen molar-refractivity contribution >= 4 is 6.16 Å². The lowest BCUT2D eigenvalue weighted by Gasteiger charge is -2.16. The van der Waals surface area contributed by atoms with E-state index in [1.165, 1.54) is 0 Å². The second-order valence-corrected chi connectivity index (χ2v) is 3.39. The van der Waals surface area contributed by atoms with E-state index in [2.05, 4.69) is 9.47 Å². The summed E-state index contributed by atoms with van der Waals surface area (Å²) >= 11 is 0. The van der Waals surface area contributed by atoms with E-state index in [9.17, 15) is 4.79 Å². The van der Waals surface area contributed by atoms with Crippen LogP contribution in [0.4, 0.5) is 4.79 Å². The molecular weight excluding hydrogens is 146 g/mol. The van der Waals surface area contributed by atoms with Gasteiger partial charge in [0.2, 0.25) is 0 Å². The summed E-state index contributed by atoms with van der Waals surface area (Å²) in [5.74, 6) is 0. The molecule has 0 amide bonds. The summed E-state index contributed by atoms with van der Waals surface area (Å²) in [7, 11) is 0. The van der Waals surface area contributed by atoms with E-state index >= 15 is 0 Å². The number of ether oxygens (including phenoxy) is 2. The van der Waals surface area contributed by atoms with Crippen LogP contribution in [0.2, 0.25) is 0 Å². The summed E-state index contributed by atoms with van der Waals surface area (Å²) < 4.78 is 8.91. The highest BCUT2D eigenvalue weighted by Crippen LogP contribution is 2.12. The molecule has 0 atom stereocenters. The van der Waals surface area contributed by atoms with Gasteiger partial charge in [0.25, 0.3) is 0 Å². The number of rotatable bonds is 2. The van der Waals surface area contributed by atoms with Crippen molar-refractivity contribution in [1.82, 2.24) is 5.73 Å². The molecule has 0 saturated carbocycles. The molecule has 0 bridgehead atoms. The molecule has 11 heavy (non-hydrogen) atoms. The predicted molar refractivity (Wildman–Crippen MR) is 39.9 cm³/mol. The zero-order valence-corrected chi connectivity index (χ0v) is 7.14. The maximum Gasteiger partial charge on any atom is 0.509 e. The fourth-order valence-corrected chi connectivity index (χ4v) is 0.376. The molecule has 1 radical (unpaired) electrons. The van der Waals surface area contributed by atoms with Crippen LogP contribution in [0.25, 0.3) is 0 Å². The lowest BCUT2D eigenvalue weighted by Crippen LogP contribution is -2.19. The number of hydrogen-bond acceptors (Lipinski definition) is 3. The molecule has 0 saturated heterocycles. The second kappa shape index (κ2) is 4.18. The van der Waals surface area contributed by atoms with Crippen LogP contribution in [0.3, 0.4) is 0 Å². The highest BCUT2D eigenvalue weighted by Gasteiger charge is 2.13. The SMILES string of the molecule is CC(C)(C)COC(=O)OC[NH]. The number of nitrogens with one attached hydrogen (secondary N) is 1. The molecule has 0 aromatic carbocycles. The standard InChI is InChI=1S/C7H14NO3/c1-7(2,3)4-10-6(9)11-5-8/h8H,4-5H2,1-3H3. The first kappa shape index (κ1) is 10.2. The van der Waals surface area contributed by atoms with Crippen LogP contribution >= 0.6 is 0 Å². The molecule has 0 aliphatic heterocycles. The minimum absolute atomic E-state index is 0.0545. The zero-order valence-electron chi connectivity index (χ0n) is 7.14. The van der Waals surface area contributed by atoms with Gasteiger partial charge < -0.3 is 9.47 Å². The minimum atomic E-state index is -0.769. The third-order valence-electron chi connectivity index (χ3n) is 0.813. The van der Waals surface area contributed by atoms with E-state index in [1.54, 1.807) is 0 Å². The molecule has 0 aliphatic rings. The smallest absolute Gasteiger partial charge is 0.434 e. The van der Waals surface area contributed by atoms with Crippen molar-refractivity contribution in [2.45, 2.75) is 20.8 Å². The van der Waals surface area contributed by atoms with Crippen molar-refractivity contribution < 1.29 is 14.3 Å². The Morgan fingerprint density at radius 3 is 2.27 bits per heavy atom. The first-order valence-electron chi connectivity index (χ1n) is 3.40. The van der Waals surface area contributed by atoms with Gasteiger partial charge in [-0.2, -0.15) is 0 Å². The van der Waals surface area contributed by atoms with Crippen molar-refractivity contribution in [3.05, 3.63) is 0 Å². The topological polar surface area (TPSA) is 59.3 Å². The van der Waals surface area contributed by atoms with E-state index in [0.717, 1.165) is 0 Å². The Kier molecular flexibility index (Phi) is 3.89. The van der Waals surface area contributed by atoms with Gasteiger partial charge in [-0.15, -0.1) is 0 Å². The Bertz CT molecular complexity index is 128. The summed E-state index contributed by atoms with van der Waals surface area (Å²) in [6, 6.07) is 0. The summed E-state index contributed by atoms with van der Waals surface area (Å²) in [4.78, 5) is 10.5. The number of hydrogen-bond donors (Lipinski definition) is 0. The van der Waals surface area contributed by atoms with Gasteiger partial charge in [0, 0.05) is 0 Å². The van der Waals surface area contributed by atoms with Crippen LogP contribution in [-0.4, -0.2) is 19.5 Å². The van der Waals surface area contributed by atoms with Gasteiger partial charge in [0.05, 0.1) is 6.61 Å². The molecule has 0 aromatic rings. The molecule has 1 N–H and O–H groups in total. The Morgan fingerprint density at radius 1 is 1.36 bits per heavy atom.